The van der Waals surface area contributed by atoms with Crippen molar-refractivity contribution in [3.8, 4) is 0 Å². The zero-order chi connectivity index (χ0) is 13.6. The van der Waals surface area contributed by atoms with Gasteiger partial charge in [0.2, 0.25) is 5.91 Å². The predicted octanol–water partition coefficient (Wildman–Crippen LogP) is 2.68. The van der Waals surface area contributed by atoms with Crippen molar-refractivity contribution >= 4 is 29.3 Å². The molecular weight excluding hydrogens is 268 g/mol. The van der Waals surface area contributed by atoms with Gasteiger partial charge in [0.1, 0.15) is 0 Å². The highest BCUT2D eigenvalue weighted by Crippen LogP contribution is 2.26. The fourth-order valence-corrected chi connectivity index (χ4v) is 2.49. The van der Waals surface area contributed by atoms with E-state index in [1.165, 1.54) is 0 Å². The highest BCUT2D eigenvalue weighted by molar-refractivity contribution is 7.99. The molecule has 1 aromatic rings. The topological polar surface area (TPSA) is 55.1 Å². The quantitative estimate of drug-likeness (QED) is 0.791. The molecule has 18 heavy (non-hydrogen) atoms. The summed E-state index contributed by atoms with van der Waals surface area (Å²) in [7, 11) is 0. The Kier molecular flexibility index (Phi) is 5.99. The number of carbonyl (C=O) groups is 1. The molecule has 0 spiro atoms. The number of hydrogen-bond donors (Lipinski definition) is 2. The number of halogens is 1. The minimum atomic E-state index is -0.341. The normalized spacial score (nSPS) is 11.3. The monoisotopic (exact) mass is 286 g/mol. The molecule has 0 saturated heterocycles. The molecule has 1 aromatic carbocycles. The fraction of sp³-hybridized carbons (Fsp3) is 0.462. The van der Waals surface area contributed by atoms with Crippen LogP contribution in [-0.2, 0) is 4.79 Å². The molecule has 0 aromatic heterocycles. The van der Waals surface area contributed by atoms with E-state index in [1.54, 1.807) is 11.8 Å². The van der Waals surface area contributed by atoms with E-state index in [1.807, 2.05) is 38.1 Å². The summed E-state index contributed by atoms with van der Waals surface area (Å²) in [5.74, 6) is 0.723. The Hall–Kier alpha value is -0.710. The summed E-state index contributed by atoms with van der Waals surface area (Å²) >= 11 is 7.62. The number of thioether (sulfide) groups is 1. The number of nitrogens with two attached hydrogens (primary N) is 1. The Morgan fingerprint density at radius 1 is 1.44 bits per heavy atom. The van der Waals surface area contributed by atoms with Gasteiger partial charge < -0.3 is 11.1 Å². The van der Waals surface area contributed by atoms with Crippen LogP contribution < -0.4 is 11.1 Å². The number of amides is 1. The second-order valence-electron chi connectivity index (χ2n) is 4.67. The summed E-state index contributed by atoms with van der Waals surface area (Å²) in [5, 5.41) is 3.62. The summed E-state index contributed by atoms with van der Waals surface area (Å²) in [6.07, 6.45) is 0.458. The van der Waals surface area contributed by atoms with Crippen LogP contribution in [0.4, 0.5) is 0 Å². The second kappa shape index (κ2) is 7.02. The van der Waals surface area contributed by atoms with Crippen molar-refractivity contribution in [3.63, 3.8) is 0 Å². The van der Waals surface area contributed by atoms with E-state index in [4.69, 9.17) is 17.3 Å². The van der Waals surface area contributed by atoms with E-state index < -0.39 is 0 Å². The molecule has 0 aliphatic heterocycles. The first-order valence-electron chi connectivity index (χ1n) is 5.83. The van der Waals surface area contributed by atoms with Crippen LogP contribution in [0.2, 0.25) is 5.02 Å². The van der Waals surface area contributed by atoms with Gasteiger partial charge in [-0.25, -0.2) is 0 Å². The Labute approximate surface area is 117 Å². The molecule has 0 unspecified atom stereocenters. The molecule has 100 valence electrons. The molecule has 0 atom stereocenters. The molecule has 0 aliphatic carbocycles. The molecule has 0 radical (unpaired) electrons. The summed E-state index contributed by atoms with van der Waals surface area (Å²) in [6.45, 7) is 4.24. The maximum Gasteiger partial charge on any atom is 0.221 e. The molecule has 0 heterocycles. The van der Waals surface area contributed by atoms with Crippen LogP contribution in [-0.4, -0.2) is 23.7 Å². The molecule has 0 bridgehead atoms. The fourth-order valence-electron chi connectivity index (χ4n) is 1.31. The first-order chi connectivity index (χ1) is 8.44. The molecule has 5 heteroatoms. The van der Waals surface area contributed by atoms with Gasteiger partial charge in [-0.2, -0.15) is 0 Å². The minimum Gasteiger partial charge on any atom is -0.350 e. The lowest BCUT2D eigenvalue weighted by molar-refractivity contribution is -0.122. The largest absolute Gasteiger partial charge is 0.350 e. The van der Waals surface area contributed by atoms with Gasteiger partial charge in [-0.3, -0.25) is 4.79 Å². The molecule has 0 fully saturated rings. The third-order valence-corrected chi connectivity index (χ3v) is 3.93. The molecular formula is C13H19ClN2OS. The zero-order valence-electron chi connectivity index (χ0n) is 10.7. The van der Waals surface area contributed by atoms with Gasteiger partial charge in [-0.05, 0) is 26.0 Å². The zero-order valence-corrected chi connectivity index (χ0v) is 12.3. The van der Waals surface area contributed by atoms with Gasteiger partial charge in [0.15, 0.2) is 0 Å². The van der Waals surface area contributed by atoms with Gasteiger partial charge in [0, 0.05) is 29.2 Å². The smallest absolute Gasteiger partial charge is 0.221 e. The standard InChI is InChI=1S/C13H19ClN2OS/c1-13(2,9-15)16-12(17)7-8-18-11-6-4-3-5-10(11)14/h3-6H,7-9,15H2,1-2H3,(H,16,17). The lowest BCUT2D eigenvalue weighted by Crippen LogP contribution is -2.48. The van der Waals surface area contributed by atoms with Crippen molar-refractivity contribution in [2.24, 2.45) is 5.73 Å². The van der Waals surface area contributed by atoms with Crippen molar-refractivity contribution < 1.29 is 4.79 Å². The van der Waals surface area contributed by atoms with Crippen molar-refractivity contribution in [1.82, 2.24) is 5.32 Å². The van der Waals surface area contributed by atoms with E-state index in [9.17, 15) is 4.79 Å². The molecule has 3 nitrogen and oxygen atoms in total. The first-order valence-corrected chi connectivity index (χ1v) is 7.19. The summed E-state index contributed by atoms with van der Waals surface area (Å²) in [6, 6.07) is 7.63. The summed E-state index contributed by atoms with van der Waals surface area (Å²) in [4.78, 5) is 12.7. The van der Waals surface area contributed by atoms with E-state index in [0.717, 1.165) is 9.92 Å². The number of benzene rings is 1. The average Bonchev–Trinajstić information content (AvgIpc) is 2.31. The lowest BCUT2D eigenvalue weighted by Gasteiger charge is -2.24. The van der Waals surface area contributed by atoms with E-state index >= 15 is 0 Å². The Morgan fingerprint density at radius 3 is 2.72 bits per heavy atom. The van der Waals surface area contributed by atoms with Crippen LogP contribution in [0.3, 0.4) is 0 Å². The van der Waals surface area contributed by atoms with Crippen molar-refractivity contribution in [1.29, 1.82) is 0 Å². The Morgan fingerprint density at radius 2 is 2.11 bits per heavy atom. The summed E-state index contributed by atoms with van der Waals surface area (Å²) < 4.78 is 0. The number of hydrogen-bond acceptors (Lipinski definition) is 3. The maximum atomic E-state index is 11.7. The van der Waals surface area contributed by atoms with Gasteiger partial charge in [0.05, 0.1) is 5.02 Å². The van der Waals surface area contributed by atoms with Gasteiger partial charge in [0.25, 0.3) is 0 Å². The van der Waals surface area contributed by atoms with E-state index in [0.29, 0.717) is 18.7 Å². The third-order valence-electron chi connectivity index (χ3n) is 2.41. The van der Waals surface area contributed by atoms with Crippen LogP contribution >= 0.6 is 23.4 Å². The van der Waals surface area contributed by atoms with Crippen molar-refractivity contribution in [2.75, 3.05) is 12.3 Å². The first kappa shape index (κ1) is 15.3. The third kappa shape index (κ3) is 5.29. The molecule has 0 saturated carbocycles. The molecule has 1 rings (SSSR count). The van der Waals surface area contributed by atoms with Crippen LogP contribution in [0.15, 0.2) is 29.2 Å². The highest BCUT2D eigenvalue weighted by atomic mass is 35.5. The maximum absolute atomic E-state index is 11.7. The number of rotatable bonds is 6. The van der Waals surface area contributed by atoms with Gasteiger partial charge in [-0.15, -0.1) is 11.8 Å². The minimum absolute atomic E-state index is 0.0185. The Balaban J connectivity index is 2.34. The van der Waals surface area contributed by atoms with Gasteiger partial charge in [-0.1, -0.05) is 23.7 Å². The van der Waals surface area contributed by atoms with Gasteiger partial charge >= 0.3 is 0 Å². The van der Waals surface area contributed by atoms with E-state index in [-0.39, 0.29) is 11.4 Å². The average molecular weight is 287 g/mol. The van der Waals surface area contributed by atoms with Crippen molar-refractivity contribution in [3.05, 3.63) is 29.3 Å². The number of carbonyl (C=O) groups excluding carboxylic acids is 1. The predicted molar refractivity (Wildman–Crippen MR) is 78.1 cm³/mol. The SMILES string of the molecule is CC(C)(CN)NC(=O)CCSc1ccccc1Cl. The van der Waals surface area contributed by atoms with Crippen LogP contribution in [0.25, 0.3) is 0 Å². The number of nitrogens with one attached hydrogen (secondary N) is 1. The van der Waals surface area contributed by atoms with E-state index in [2.05, 4.69) is 5.32 Å². The highest BCUT2D eigenvalue weighted by Gasteiger charge is 2.17. The van der Waals surface area contributed by atoms with Crippen LogP contribution in [0.1, 0.15) is 20.3 Å². The summed E-state index contributed by atoms with van der Waals surface area (Å²) in [5.41, 5.74) is 5.22. The molecule has 3 N–H and O–H groups in total. The lowest BCUT2D eigenvalue weighted by atomic mass is 10.1. The van der Waals surface area contributed by atoms with Crippen LogP contribution in [0, 0.1) is 0 Å². The van der Waals surface area contributed by atoms with Crippen molar-refractivity contribution in [2.45, 2.75) is 30.7 Å². The molecule has 0 aliphatic rings. The Bertz CT molecular complexity index is 410. The second-order valence-corrected chi connectivity index (χ2v) is 6.21. The van der Waals surface area contributed by atoms with Crippen LogP contribution in [0.5, 0.6) is 0 Å². The molecule has 1 amide bonds.